The number of halogens is 13. The van der Waals surface area contributed by atoms with Crippen LogP contribution in [-0.2, 0) is 9.78 Å². The second-order valence-corrected chi connectivity index (χ2v) is 3.23. The van der Waals surface area contributed by atoms with Crippen molar-refractivity contribution in [1.82, 2.24) is 0 Å². The molecule has 0 aliphatic rings. The fraction of sp³-hybridized carbons (Fsp3) is 1.00. The van der Waals surface area contributed by atoms with Gasteiger partial charge in [-0.2, -0.15) is 62.0 Å². The Bertz CT molecular complexity index is 335. The van der Waals surface area contributed by atoms with Crippen LogP contribution in [0.15, 0.2) is 0 Å². The van der Waals surface area contributed by atoms with Crippen LogP contribution in [0.2, 0.25) is 0 Å². The van der Waals surface area contributed by atoms with Crippen molar-refractivity contribution in [2.24, 2.45) is 0 Å². The summed E-state index contributed by atoms with van der Waals surface area (Å²) in [6, 6.07) is 0. The van der Waals surface area contributed by atoms with Gasteiger partial charge >= 0.3 is 30.6 Å². The number of hydrogen-bond acceptors (Lipinski definition) is 2. The lowest BCUT2D eigenvalue weighted by molar-refractivity contribution is -0.548. The van der Waals surface area contributed by atoms with Crippen LogP contribution in [0.4, 0.5) is 57.1 Å². The second kappa shape index (κ2) is 5.33. The first-order valence-corrected chi connectivity index (χ1v) is 4.14. The van der Waals surface area contributed by atoms with Crippen molar-refractivity contribution < 1.29 is 66.9 Å². The molecule has 0 atom stereocenters. The predicted octanol–water partition coefficient (Wildman–Crippen LogP) is 4.22. The Morgan fingerprint density at radius 2 is 0.905 bits per heavy atom. The lowest BCUT2D eigenvalue weighted by Crippen LogP contribution is -2.55. The minimum absolute atomic E-state index is 1.79. The molecule has 128 valence electrons. The molecule has 0 spiro atoms. The van der Waals surface area contributed by atoms with Crippen LogP contribution in [0, 0.1) is 0 Å². The van der Waals surface area contributed by atoms with Crippen LogP contribution in [0.3, 0.4) is 0 Å². The van der Waals surface area contributed by atoms with E-state index in [-0.39, 0.29) is 0 Å². The van der Waals surface area contributed by atoms with E-state index in [1.165, 1.54) is 0 Å². The summed E-state index contributed by atoms with van der Waals surface area (Å²) < 4.78 is 154. The Balaban J connectivity index is 5.22. The van der Waals surface area contributed by atoms with E-state index in [0.29, 0.717) is 0 Å². The van der Waals surface area contributed by atoms with Crippen molar-refractivity contribution in [3.8, 4) is 0 Å². The largest absolute Gasteiger partial charge is 0.462 e. The van der Waals surface area contributed by atoms with Crippen molar-refractivity contribution >= 4 is 0 Å². The Morgan fingerprint density at radius 1 is 0.571 bits per heavy atom. The lowest BCUT2D eigenvalue weighted by Gasteiger charge is -2.28. The van der Waals surface area contributed by atoms with Gasteiger partial charge in [0.25, 0.3) is 6.10 Å². The fourth-order valence-electron chi connectivity index (χ4n) is 0.621. The van der Waals surface area contributed by atoms with Crippen molar-refractivity contribution in [2.75, 3.05) is 0 Å². The molecule has 0 aromatic rings. The fourth-order valence-corrected chi connectivity index (χ4v) is 0.621. The highest BCUT2D eigenvalue weighted by molar-refractivity contribution is 4.84. The van der Waals surface area contributed by atoms with Gasteiger partial charge in [0.1, 0.15) is 0 Å². The van der Waals surface area contributed by atoms with E-state index in [1.807, 2.05) is 4.89 Å². The molecule has 0 saturated heterocycles. The Kier molecular flexibility index (Phi) is 5.08. The predicted molar refractivity (Wildman–Crippen MR) is 34.0 cm³/mol. The lowest BCUT2D eigenvalue weighted by atomic mass is 10.3. The van der Waals surface area contributed by atoms with Gasteiger partial charge in [-0.15, -0.1) is 0 Å². The molecule has 0 rings (SSSR count). The molecular weight excluding hydrogens is 351 g/mol. The molecule has 21 heavy (non-hydrogen) atoms. The van der Waals surface area contributed by atoms with E-state index in [9.17, 15) is 57.1 Å². The van der Waals surface area contributed by atoms with Crippen molar-refractivity contribution in [2.45, 2.75) is 36.7 Å². The van der Waals surface area contributed by atoms with Gasteiger partial charge in [0.2, 0.25) is 0 Å². The maximum Gasteiger partial charge on any atom is 0.462 e. The average molecular weight is 352 g/mol. The van der Waals surface area contributed by atoms with Crippen LogP contribution >= 0.6 is 0 Å². The SMILES string of the molecule is FC(F)(F)C(OOC(F)(F)C(F)(F)C(F)(F)F)C(F)(F)F. The Morgan fingerprint density at radius 3 is 1.14 bits per heavy atom. The molecule has 0 saturated carbocycles. The van der Waals surface area contributed by atoms with Crippen LogP contribution in [0.5, 0.6) is 0 Å². The molecular formula is C6HF13O2. The molecule has 0 aliphatic carbocycles. The summed E-state index contributed by atoms with van der Waals surface area (Å²) >= 11 is 0. The van der Waals surface area contributed by atoms with Crippen molar-refractivity contribution in [3.63, 3.8) is 0 Å². The summed E-state index contributed by atoms with van der Waals surface area (Å²) in [5.41, 5.74) is 0. The van der Waals surface area contributed by atoms with Crippen LogP contribution in [0.25, 0.3) is 0 Å². The number of alkyl halides is 13. The molecule has 0 amide bonds. The molecule has 0 bridgehead atoms. The monoisotopic (exact) mass is 352 g/mol. The van der Waals surface area contributed by atoms with Crippen molar-refractivity contribution in [3.05, 3.63) is 0 Å². The quantitative estimate of drug-likeness (QED) is 0.429. The molecule has 0 aromatic heterocycles. The Hall–Kier alpha value is -0.990. The van der Waals surface area contributed by atoms with Gasteiger partial charge in [0.15, 0.2) is 0 Å². The topological polar surface area (TPSA) is 18.5 Å². The first-order chi connectivity index (χ1) is 8.84. The van der Waals surface area contributed by atoms with E-state index < -0.39 is 36.7 Å². The van der Waals surface area contributed by atoms with Gasteiger partial charge in [-0.05, 0) is 0 Å². The minimum Gasteiger partial charge on any atom is -0.208 e. The summed E-state index contributed by atoms with van der Waals surface area (Å²) in [6.45, 7) is 0. The zero-order chi connectivity index (χ0) is 17.5. The van der Waals surface area contributed by atoms with Gasteiger partial charge in [-0.3, -0.25) is 0 Å². The summed E-state index contributed by atoms with van der Waals surface area (Å²) in [7, 11) is 0. The van der Waals surface area contributed by atoms with Gasteiger partial charge in [0, 0.05) is 0 Å². The molecule has 0 N–H and O–H groups in total. The highest BCUT2D eigenvalue weighted by atomic mass is 19.4. The smallest absolute Gasteiger partial charge is 0.208 e. The van der Waals surface area contributed by atoms with Gasteiger partial charge in [-0.1, -0.05) is 0 Å². The maximum absolute atomic E-state index is 12.3. The second-order valence-electron chi connectivity index (χ2n) is 3.23. The highest BCUT2D eigenvalue weighted by Crippen LogP contribution is 2.48. The number of rotatable bonds is 4. The molecule has 0 radical (unpaired) electrons. The van der Waals surface area contributed by atoms with E-state index in [4.69, 9.17) is 0 Å². The highest BCUT2D eigenvalue weighted by Gasteiger charge is 2.76. The molecule has 15 heteroatoms. The minimum atomic E-state index is -7.10. The van der Waals surface area contributed by atoms with Crippen LogP contribution < -0.4 is 0 Å². The van der Waals surface area contributed by atoms with Gasteiger partial charge in [0.05, 0.1) is 0 Å². The summed E-state index contributed by atoms with van der Waals surface area (Å²) in [5.74, 6) is -7.10. The maximum atomic E-state index is 12.3. The normalized spacial score (nSPS) is 15.7. The molecule has 0 aromatic carbocycles. The standard InChI is InChI=1S/C6HF13O2/c7-2(8,9)1(3(10,11)12)20-21-6(18,19)4(13,14)5(15,16)17/h1H. The third-order valence-corrected chi connectivity index (χ3v) is 1.57. The van der Waals surface area contributed by atoms with Crippen LogP contribution in [-0.4, -0.2) is 36.7 Å². The van der Waals surface area contributed by atoms with Crippen molar-refractivity contribution in [1.29, 1.82) is 0 Å². The Labute approximate surface area is 105 Å². The summed E-state index contributed by atoms with van der Waals surface area (Å²) in [4.78, 5) is 3.83. The van der Waals surface area contributed by atoms with E-state index in [2.05, 4.69) is 0 Å². The van der Waals surface area contributed by atoms with Gasteiger partial charge in [-0.25, -0.2) is 4.89 Å². The van der Waals surface area contributed by atoms with E-state index in [1.54, 1.807) is 4.89 Å². The molecule has 2 nitrogen and oxygen atoms in total. The molecule has 0 fully saturated rings. The molecule has 0 aliphatic heterocycles. The zero-order valence-corrected chi connectivity index (χ0v) is 8.81. The third kappa shape index (κ3) is 4.49. The molecule has 0 heterocycles. The zero-order valence-electron chi connectivity index (χ0n) is 8.81. The summed E-state index contributed by atoms with van der Waals surface area (Å²) in [6.07, 6.45) is -31.9. The third-order valence-electron chi connectivity index (χ3n) is 1.57. The molecule has 0 unspecified atom stereocenters. The summed E-state index contributed by atoms with van der Waals surface area (Å²) in [5, 5.41) is 0. The average Bonchev–Trinajstić information content (AvgIpc) is 2.10. The van der Waals surface area contributed by atoms with E-state index >= 15 is 0 Å². The first kappa shape index (κ1) is 20.0. The first-order valence-electron chi connectivity index (χ1n) is 4.14. The van der Waals surface area contributed by atoms with Crippen LogP contribution in [0.1, 0.15) is 0 Å². The van der Waals surface area contributed by atoms with E-state index in [0.717, 1.165) is 0 Å². The van der Waals surface area contributed by atoms with Gasteiger partial charge < -0.3 is 0 Å². The number of hydrogen-bond donors (Lipinski definition) is 0.